The molecule has 0 amide bonds. The lowest BCUT2D eigenvalue weighted by atomic mass is 10.4. The van der Waals surface area contributed by atoms with Crippen LogP contribution in [0.15, 0.2) is 6.07 Å². The summed E-state index contributed by atoms with van der Waals surface area (Å²) in [5.74, 6) is 0.00593. The normalized spacial score (nSPS) is 12.8. The first-order valence-corrected chi connectivity index (χ1v) is 4.26. The number of hydrogen-bond donors (Lipinski definition) is 0. The summed E-state index contributed by atoms with van der Waals surface area (Å²) in [5.41, 5.74) is 0.639. The van der Waals surface area contributed by atoms with Gasteiger partial charge in [0.15, 0.2) is 0 Å². The van der Waals surface area contributed by atoms with Crippen LogP contribution in [-0.4, -0.2) is 27.9 Å². The predicted octanol–water partition coefficient (Wildman–Crippen LogP) is 1.13. The molecular formula is C8H13N3O3. The summed E-state index contributed by atoms with van der Waals surface area (Å²) in [7, 11) is 1.56. The van der Waals surface area contributed by atoms with E-state index in [4.69, 9.17) is 4.74 Å². The summed E-state index contributed by atoms with van der Waals surface area (Å²) in [6.45, 7) is 3.95. The molecule has 0 aliphatic heterocycles. The standard InChI is InChI=1S/C8H13N3O3/c1-6-4-8(11(12)13)10(9-6)5-7(2)14-3/h4,7H,5H2,1-3H3. The third-order valence-corrected chi connectivity index (χ3v) is 1.90. The zero-order valence-electron chi connectivity index (χ0n) is 8.43. The van der Waals surface area contributed by atoms with Crippen molar-refractivity contribution >= 4 is 5.82 Å². The fraction of sp³-hybridized carbons (Fsp3) is 0.625. The Bertz CT molecular complexity index is 335. The molecule has 0 aliphatic carbocycles. The average Bonchev–Trinajstić information content (AvgIpc) is 2.46. The minimum atomic E-state index is -0.442. The molecule has 1 rings (SSSR count). The molecule has 1 atom stereocenters. The molecule has 0 aliphatic rings. The maximum Gasteiger partial charge on any atom is 0.345 e. The number of rotatable bonds is 4. The Morgan fingerprint density at radius 1 is 1.79 bits per heavy atom. The predicted molar refractivity (Wildman–Crippen MR) is 50.1 cm³/mol. The van der Waals surface area contributed by atoms with E-state index in [9.17, 15) is 10.1 Å². The van der Waals surface area contributed by atoms with Gasteiger partial charge >= 0.3 is 5.82 Å². The van der Waals surface area contributed by atoms with Gasteiger partial charge < -0.3 is 14.9 Å². The van der Waals surface area contributed by atoms with Gasteiger partial charge in [-0.1, -0.05) is 5.10 Å². The first-order valence-electron chi connectivity index (χ1n) is 4.26. The monoisotopic (exact) mass is 199 g/mol. The number of ether oxygens (including phenoxy) is 1. The molecule has 0 saturated heterocycles. The van der Waals surface area contributed by atoms with Gasteiger partial charge in [-0.05, 0) is 18.8 Å². The number of nitro groups is 1. The molecule has 0 radical (unpaired) electrons. The second kappa shape index (κ2) is 4.19. The molecule has 1 heterocycles. The Labute approximate surface area is 81.6 Å². The van der Waals surface area contributed by atoms with E-state index in [1.165, 1.54) is 10.7 Å². The topological polar surface area (TPSA) is 70.2 Å². The van der Waals surface area contributed by atoms with Crippen LogP contribution in [0.4, 0.5) is 5.82 Å². The molecule has 14 heavy (non-hydrogen) atoms. The van der Waals surface area contributed by atoms with Gasteiger partial charge in [0.1, 0.15) is 6.54 Å². The molecule has 1 unspecified atom stereocenters. The Kier molecular flexibility index (Phi) is 3.19. The minimum Gasteiger partial charge on any atom is -0.378 e. The van der Waals surface area contributed by atoms with Gasteiger partial charge in [-0.15, -0.1) is 4.68 Å². The first-order chi connectivity index (χ1) is 6.54. The van der Waals surface area contributed by atoms with Crippen LogP contribution in [0.25, 0.3) is 0 Å². The molecule has 78 valence electrons. The molecule has 1 aromatic heterocycles. The van der Waals surface area contributed by atoms with Crippen molar-refractivity contribution in [3.8, 4) is 0 Å². The molecule has 0 bridgehead atoms. The number of methoxy groups -OCH3 is 1. The Balaban J connectivity index is 2.89. The van der Waals surface area contributed by atoms with Gasteiger partial charge in [-0.25, -0.2) is 0 Å². The van der Waals surface area contributed by atoms with Crippen LogP contribution in [0.1, 0.15) is 12.6 Å². The van der Waals surface area contributed by atoms with Crippen molar-refractivity contribution in [2.75, 3.05) is 7.11 Å². The molecule has 0 N–H and O–H groups in total. The van der Waals surface area contributed by atoms with Gasteiger partial charge in [0.05, 0.1) is 17.9 Å². The summed E-state index contributed by atoms with van der Waals surface area (Å²) >= 11 is 0. The van der Waals surface area contributed by atoms with Gasteiger partial charge in [0.25, 0.3) is 0 Å². The zero-order valence-corrected chi connectivity index (χ0v) is 8.43. The number of aryl methyl sites for hydroxylation is 1. The molecule has 1 aromatic rings. The van der Waals surface area contributed by atoms with Gasteiger partial charge in [0, 0.05) is 7.11 Å². The quantitative estimate of drug-likeness (QED) is 0.538. The van der Waals surface area contributed by atoms with E-state index >= 15 is 0 Å². The molecule has 6 nitrogen and oxygen atoms in total. The molecule has 0 fully saturated rings. The second-order valence-corrected chi connectivity index (χ2v) is 3.13. The van der Waals surface area contributed by atoms with Crippen molar-refractivity contribution in [2.45, 2.75) is 26.5 Å². The lowest BCUT2D eigenvalue weighted by Crippen LogP contribution is -2.17. The van der Waals surface area contributed by atoms with Crippen LogP contribution in [0, 0.1) is 17.0 Å². The van der Waals surface area contributed by atoms with Crippen LogP contribution in [0.5, 0.6) is 0 Å². The maximum atomic E-state index is 10.6. The Morgan fingerprint density at radius 2 is 2.43 bits per heavy atom. The highest BCUT2D eigenvalue weighted by atomic mass is 16.6. The largest absolute Gasteiger partial charge is 0.378 e. The SMILES string of the molecule is COC(C)Cn1nc(C)cc1[N+](=O)[O-]. The summed E-state index contributed by atoms with van der Waals surface area (Å²) in [4.78, 5) is 10.2. The first kappa shape index (κ1) is 10.6. The van der Waals surface area contributed by atoms with Crippen LogP contribution in [0.3, 0.4) is 0 Å². The van der Waals surface area contributed by atoms with E-state index in [1.807, 2.05) is 6.92 Å². The van der Waals surface area contributed by atoms with Crippen molar-refractivity contribution in [3.05, 3.63) is 21.9 Å². The number of hydrogen-bond acceptors (Lipinski definition) is 4. The summed E-state index contributed by atoms with van der Waals surface area (Å²) in [5, 5.41) is 14.6. The second-order valence-electron chi connectivity index (χ2n) is 3.13. The molecular weight excluding hydrogens is 186 g/mol. The van der Waals surface area contributed by atoms with Crippen molar-refractivity contribution in [1.82, 2.24) is 9.78 Å². The average molecular weight is 199 g/mol. The highest BCUT2D eigenvalue weighted by molar-refractivity contribution is 5.22. The van der Waals surface area contributed by atoms with Crippen LogP contribution >= 0.6 is 0 Å². The van der Waals surface area contributed by atoms with Crippen molar-refractivity contribution in [3.63, 3.8) is 0 Å². The molecule has 0 saturated carbocycles. The van der Waals surface area contributed by atoms with Crippen LogP contribution < -0.4 is 0 Å². The Morgan fingerprint density at radius 3 is 2.93 bits per heavy atom. The highest BCUT2D eigenvalue weighted by Gasteiger charge is 2.18. The number of nitrogens with zero attached hydrogens (tertiary/aromatic N) is 3. The van der Waals surface area contributed by atoms with E-state index in [1.54, 1.807) is 14.0 Å². The van der Waals surface area contributed by atoms with Crippen LogP contribution in [0.2, 0.25) is 0 Å². The van der Waals surface area contributed by atoms with E-state index < -0.39 is 4.92 Å². The van der Waals surface area contributed by atoms with Crippen molar-refractivity contribution in [2.24, 2.45) is 0 Å². The van der Waals surface area contributed by atoms with Crippen molar-refractivity contribution in [1.29, 1.82) is 0 Å². The summed E-state index contributed by atoms with van der Waals surface area (Å²) < 4.78 is 6.37. The van der Waals surface area contributed by atoms with Crippen molar-refractivity contribution < 1.29 is 9.66 Å². The summed E-state index contributed by atoms with van der Waals surface area (Å²) in [6.07, 6.45) is -0.0898. The third-order valence-electron chi connectivity index (χ3n) is 1.90. The lowest BCUT2D eigenvalue weighted by molar-refractivity contribution is -0.392. The van der Waals surface area contributed by atoms with E-state index in [0.717, 1.165) is 0 Å². The molecule has 6 heteroatoms. The van der Waals surface area contributed by atoms with Gasteiger partial charge in [-0.3, -0.25) is 0 Å². The maximum absolute atomic E-state index is 10.6. The zero-order chi connectivity index (χ0) is 10.7. The van der Waals surface area contributed by atoms with E-state index in [-0.39, 0.29) is 11.9 Å². The summed E-state index contributed by atoms with van der Waals surface area (Å²) in [6, 6.07) is 1.45. The van der Waals surface area contributed by atoms with E-state index in [0.29, 0.717) is 12.2 Å². The molecule has 0 spiro atoms. The fourth-order valence-electron chi connectivity index (χ4n) is 1.13. The van der Waals surface area contributed by atoms with Gasteiger partial charge in [0.2, 0.25) is 0 Å². The Hall–Kier alpha value is -1.43. The lowest BCUT2D eigenvalue weighted by Gasteiger charge is -2.05. The third kappa shape index (κ3) is 2.29. The smallest absolute Gasteiger partial charge is 0.345 e. The minimum absolute atomic E-state index is 0.00593. The van der Waals surface area contributed by atoms with Crippen LogP contribution in [-0.2, 0) is 11.3 Å². The van der Waals surface area contributed by atoms with E-state index in [2.05, 4.69) is 5.10 Å². The highest BCUT2D eigenvalue weighted by Crippen LogP contribution is 2.13. The number of aromatic nitrogens is 2. The fourth-order valence-corrected chi connectivity index (χ4v) is 1.13. The van der Waals surface area contributed by atoms with Gasteiger partial charge in [-0.2, -0.15) is 0 Å². The molecule has 0 aromatic carbocycles.